The van der Waals surface area contributed by atoms with Crippen LogP contribution in [-0.4, -0.2) is 15.2 Å². The molecular formula is C14H9N5O. The SMILES string of the molecule is N#Cc1cc(N)ccc1Oc1nnc2ccccc2n1. The van der Waals surface area contributed by atoms with Gasteiger partial charge in [0.2, 0.25) is 0 Å². The summed E-state index contributed by atoms with van der Waals surface area (Å²) in [7, 11) is 0. The van der Waals surface area contributed by atoms with E-state index in [1.54, 1.807) is 12.1 Å². The molecule has 0 aliphatic heterocycles. The Morgan fingerprint density at radius 2 is 1.85 bits per heavy atom. The second-order valence-electron chi connectivity index (χ2n) is 4.05. The Bertz CT molecular complexity index is 825. The maximum absolute atomic E-state index is 9.05. The van der Waals surface area contributed by atoms with Crippen LogP contribution in [0.4, 0.5) is 5.69 Å². The first-order valence-electron chi connectivity index (χ1n) is 5.83. The molecule has 2 aromatic carbocycles. The van der Waals surface area contributed by atoms with Gasteiger partial charge in [-0.3, -0.25) is 0 Å². The molecule has 0 fully saturated rings. The van der Waals surface area contributed by atoms with Crippen molar-refractivity contribution < 1.29 is 4.74 Å². The number of para-hydroxylation sites is 1. The van der Waals surface area contributed by atoms with Crippen LogP contribution >= 0.6 is 0 Å². The number of nitriles is 1. The van der Waals surface area contributed by atoms with E-state index in [9.17, 15) is 0 Å². The van der Waals surface area contributed by atoms with Gasteiger partial charge in [-0.15, -0.1) is 5.10 Å². The van der Waals surface area contributed by atoms with E-state index in [4.69, 9.17) is 15.7 Å². The number of nitrogen functional groups attached to an aromatic ring is 1. The number of ether oxygens (including phenoxy) is 1. The summed E-state index contributed by atoms with van der Waals surface area (Å²) >= 11 is 0. The number of hydrogen-bond acceptors (Lipinski definition) is 6. The fourth-order valence-corrected chi connectivity index (χ4v) is 1.73. The largest absolute Gasteiger partial charge is 0.422 e. The van der Waals surface area contributed by atoms with Crippen LogP contribution in [0.2, 0.25) is 0 Å². The van der Waals surface area contributed by atoms with E-state index >= 15 is 0 Å². The molecule has 0 spiro atoms. The van der Waals surface area contributed by atoms with Gasteiger partial charge in [0.25, 0.3) is 0 Å². The molecular weight excluding hydrogens is 254 g/mol. The average molecular weight is 263 g/mol. The lowest BCUT2D eigenvalue weighted by molar-refractivity contribution is 0.435. The summed E-state index contributed by atoms with van der Waals surface area (Å²) < 4.78 is 5.50. The molecule has 0 bridgehead atoms. The number of nitrogens with zero attached hydrogens (tertiary/aromatic N) is 4. The van der Waals surface area contributed by atoms with Crippen LogP contribution in [0.25, 0.3) is 11.0 Å². The summed E-state index contributed by atoms with van der Waals surface area (Å²) in [5.74, 6) is 0.346. The predicted octanol–water partition coefficient (Wildman–Crippen LogP) is 2.27. The maximum Gasteiger partial charge on any atom is 0.341 e. The monoisotopic (exact) mass is 263 g/mol. The molecule has 6 heteroatoms. The van der Waals surface area contributed by atoms with Gasteiger partial charge in [-0.1, -0.05) is 17.2 Å². The highest BCUT2D eigenvalue weighted by atomic mass is 16.5. The molecule has 0 aliphatic rings. The first-order chi connectivity index (χ1) is 9.76. The average Bonchev–Trinajstić information content (AvgIpc) is 2.49. The van der Waals surface area contributed by atoms with Gasteiger partial charge < -0.3 is 10.5 Å². The Kier molecular flexibility index (Phi) is 2.86. The van der Waals surface area contributed by atoms with Crippen molar-refractivity contribution in [1.29, 1.82) is 5.26 Å². The molecule has 0 saturated carbocycles. The van der Waals surface area contributed by atoms with Crippen molar-refractivity contribution in [2.75, 3.05) is 5.73 Å². The minimum absolute atomic E-state index is 0.0879. The lowest BCUT2D eigenvalue weighted by Gasteiger charge is -2.06. The standard InChI is InChI=1S/C14H9N5O/c15-8-9-7-10(16)5-6-13(9)20-14-17-11-3-1-2-4-12(11)18-19-14/h1-7H,16H2. The quantitative estimate of drug-likeness (QED) is 0.712. The Labute approximate surface area is 114 Å². The molecule has 20 heavy (non-hydrogen) atoms. The van der Waals surface area contributed by atoms with E-state index in [0.717, 1.165) is 0 Å². The molecule has 1 heterocycles. The Morgan fingerprint density at radius 3 is 2.65 bits per heavy atom. The number of hydrogen-bond donors (Lipinski definition) is 1. The number of aromatic nitrogens is 3. The predicted molar refractivity (Wildman–Crippen MR) is 73.0 cm³/mol. The number of rotatable bonds is 2. The van der Waals surface area contributed by atoms with Crippen molar-refractivity contribution in [2.24, 2.45) is 0 Å². The van der Waals surface area contributed by atoms with Crippen LogP contribution in [0.3, 0.4) is 0 Å². The molecule has 0 radical (unpaired) electrons. The summed E-state index contributed by atoms with van der Waals surface area (Å²) in [6, 6.07) is 14.2. The molecule has 3 aromatic rings. The molecule has 96 valence electrons. The van der Waals surface area contributed by atoms with E-state index in [1.807, 2.05) is 30.3 Å². The summed E-state index contributed by atoms with van der Waals surface area (Å²) in [5, 5.41) is 16.9. The molecule has 0 aliphatic carbocycles. The second kappa shape index (κ2) is 4.82. The van der Waals surface area contributed by atoms with Gasteiger partial charge in [0, 0.05) is 5.69 Å². The number of fused-ring (bicyclic) bond motifs is 1. The van der Waals surface area contributed by atoms with Crippen molar-refractivity contribution in [3.8, 4) is 17.8 Å². The fraction of sp³-hybridized carbons (Fsp3) is 0. The molecule has 0 saturated heterocycles. The van der Waals surface area contributed by atoms with E-state index in [-0.39, 0.29) is 6.01 Å². The third kappa shape index (κ3) is 2.20. The van der Waals surface area contributed by atoms with Crippen LogP contribution < -0.4 is 10.5 Å². The van der Waals surface area contributed by atoms with Crippen LogP contribution in [0, 0.1) is 11.3 Å². The van der Waals surface area contributed by atoms with E-state index in [1.165, 1.54) is 6.07 Å². The smallest absolute Gasteiger partial charge is 0.341 e. The molecule has 0 amide bonds. The Hall–Kier alpha value is -3.20. The Balaban J connectivity index is 1.99. The first-order valence-corrected chi connectivity index (χ1v) is 5.83. The van der Waals surface area contributed by atoms with E-state index < -0.39 is 0 Å². The minimum atomic E-state index is 0.0879. The Morgan fingerprint density at radius 1 is 1.05 bits per heavy atom. The van der Waals surface area contributed by atoms with Gasteiger partial charge in [-0.2, -0.15) is 10.2 Å². The highest BCUT2D eigenvalue weighted by Crippen LogP contribution is 2.24. The molecule has 0 unspecified atom stereocenters. The molecule has 6 nitrogen and oxygen atoms in total. The molecule has 1 aromatic heterocycles. The zero-order chi connectivity index (χ0) is 13.9. The van der Waals surface area contributed by atoms with E-state index in [0.29, 0.717) is 28.0 Å². The highest BCUT2D eigenvalue weighted by molar-refractivity contribution is 5.73. The molecule has 0 atom stereocenters. The van der Waals surface area contributed by atoms with Gasteiger partial charge in [0.1, 0.15) is 17.3 Å². The number of nitrogens with two attached hydrogens (primary N) is 1. The van der Waals surface area contributed by atoms with Gasteiger partial charge >= 0.3 is 6.01 Å². The van der Waals surface area contributed by atoms with Crippen LogP contribution in [0.5, 0.6) is 11.8 Å². The van der Waals surface area contributed by atoms with Gasteiger partial charge in [-0.25, -0.2) is 0 Å². The topological polar surface area (TPSA) is 97.7 Å². The normalized spacial score (nSPS) is 10.2. The second-order valence-corrected chi connectivity index (χ2v) is 4.05. The zero-order valence-electron chi connectivity index (χ0n) is 10.3. The van der Waals surface area contributed by atoms with Crippen molar-refractivity contribution in [2.45, 2.75) is 0 Å². The fourth-order valence-electron chi connectivity index (χ4n) is 1.73. The molecule has 2 N–H and O–H groups in total. The lowest BCUT2D eigenvalue weighted by Crippen LogP contribution is -1.97. The summed E-state index contributed by atoms with van der Waals surface area (Å²) in [6.07, 6.45) is 0. The van der Waals surface area contributed by atoms with E-state index in [2.05, 4.69) is 15.2 Å². The summed E-state index contributed by atoms with van der Waals surface area (Å²) in [6.45, 7) is 0. The van der Waals surface area contributed by atoms with Crippen LogP contribution in [0.1, 0.15) is 5.56 Å². The zero-order valence-corrected chi connectivity index (χ0v) is 10.3. The summed E-state index contributed by atoms with van der Waals surface area (Å²) in [5.41, 5.74) is 7.78. The van der Waals surface area contributed by atoms with Gasteiger partial charge in [0.15, 0.2) is 0 Å². The molecule has 3 rings (SSSR count). The third-order valence-electron chi connectivity index (χ3n) is 2.67. The third-order valence-corrected chi connectivity index (χ3v) is 2.67. The van der Waals surface area contributed by atoms with Crippen molar-refractivity contribution in [3.63, 3.8) is 0 Å². The van der Waals surface area contributed by atoms with Crippen molar-refractivity contribution >= 4 is 16.7 Å². The van der Waals surface area contributed by atoms with Crippen LogP contribution in [0.15, 0.2) is 42.5 Å². The first kappa shape index (κ1) is 11.9. The van der Waals surface area contributed by atoms with Gasteiger partial charge in [-0.05, 0) is 30.3 Å². The number of anilines is 1. The van der Waals surface area contributed by atoms with Crippen molar-refractivity contribution in [1.82, 2.24) is 15.2 Å². The minimum Gasteiger partial charge on any atom is -0.422 e. The lowest BCUT2D eigenvalue weighted by atomic mass is 10.2. The highest BCUT2D eigenvalue weighted by Gasteiger charge is 2.08. The summed E-state index contributed by atoms with van der Waals surface area (Å²) in [4.78, 5) is 4.23. The number of benzene rings is 2. The maximum atomic E-state index is 9.05. The van der Waals surface area contributed by atoms with Crippen molar-refractivity contribution in [3.05, 3.63) is 48.0 Å². The van der Waals surface area contributed by atoms with Gasteiger partial charge in [0.05, 0.1) is 11.1 Å². The van der Waals surface area contributed by atoms with Crippen LogP contribution in [-0.2, 0) is 0 Å².